The lowest BCUT2D eigenvalue weighted by Gasteiger charge is -2.15. The van der Waals surface area contributed by atoms with E-state index in [9.17, 15) is 14.4 Å². The second-order valence-electron chi connectivity index (χ2n) is 5.71. The Balaban J connectivity index is 1.73. The number of nitrogens with zero attached hydrogens (tertiary/aromatic N) is 1. The number of nitrogens with one attached hydrogen (secondary N) is 1. The first-order chi connectivity index (χ1) is 11.9. The summed E-state index contributed by atoms with van der Waals surface area (Å²) in [6, 6.07) is 13.8. The molecule has 1 atom stereocenters. The maximum atomic E-state index is 12.5. The van der Waals surface area contributed by atoms with Crippen molar-refractivity contribution < 1.29 is 19.5 Å². The van der Waals surface area contributed by atoms with E-state index in [4.69, 9.17) is 5.11 Å². The molecule has 3 rings (SSSR count). The number of benzene rings is 2. The molecular weight excluding hydrogens is 340 g/mol. The Morgan fingerprint density at radius 3 is 2.68 bits per heavy atom. The zero-order valence-electron chi connectivity index (χ0n) is 13.4. The second-order valence-corrected chi connectivity index (χ2v) is 6.76. The van der Waals surface area contributed by atoms with Crippen LogP contribution in [0.15, 0.2) is 48.5 Å². The van der Waals surface area contributed by atoms with Crippen molar-refractivity contribution in [1.29, 1.82) is 0 Å². The number of aryl methyl sites for hydroxylation is 1. The molecule has 0 saturated carbocycles. The molecule has 2 N–H and O–H groups in total. The quantitative estimate of drug-likeness (QED) is 0.855. The molecule has 0 aromatic heterocycles. The lowest BCUT2D eigenvalue weighted by atomic mass is 10.1. The van der Waals surface area contributed by atoms with Gasteiger partial charge in [0.1, 0.15) is 0 Å². The van der Waals surface area contributed by atoms with E-state index in [2.05, 4.69) is 5.32 Å². The van der Waals surface area contributed by atoms with Crippen LogP contribution in [0.2, 0.25) is 0 Å². The van der Waals surface area contributed by atoms with Crippen molar-refractivity contribution in [2.45, 2.75) is 18.8 Å². The van der Waals surface area contributed by atoms with Crippen molar-refractivity contribution in [3.8, 4) is 0 Å². The van der Waals surface area contributed by atoms with Gasteiger partial charge in [0.25, 0.3) is 11.1 Å². The molecule has 1 aliphatic heterocycles. The van der Waals surface area contributed by atoms with Crippen molar-refractivity contribution in [2.75, 3.05) is 5.32 Å². The number of hydrogen-bond donors (Lipinski definition) is 2. The molecule has 6 nitrogen and oxygen atoms in total. The van der Waals surface area contributed by atoms with Gasteiger partial charge in [0.05, 0.1) is 12.1 Å². The fourth-order valence-electron chi connectivity index (χ4n) is 2.55. The number of carboxylic acid groups (broad SMARTS) is 1. The predicted molar refractivity (Wildman–Crippen MR) is 95.5 cm³/mol. The van der Waals surface area contributed by atoms with Gasteiger partial charge in [-0.25, -0.2) is 4.79 Å². The number of anilines is 1. The third kappa shape index (κ3) is 3.83. The Bertz CT molecular complexity index is 852. The Morgan fingerprint density at radius 1 is 1.20 bits per heavy atom. The highest BCUT2D eigenvalue weighted by Gasteiger charge is 2.39. The van der Waals surface area contributed by atoms with Gasteiger partial charge in [-0.3, -0.25) is 14.5 Å². The number of hydrogen-bond acceptors (Lipinski definition) is 5. The maximum absolute atomic E-state index is 12.5. The molecule has 1 aliphatic rings. The van der Waals surface area contributed by atoms with Crippen LogP contribution in [0.5, 0.6) is 0 Å². The zero-order valence-corrected chi connectivity index (χ0v) is 14.2. The topological polar surface area (TPSA) is 86.7 Å². The number of imide groups is 1. The Kier molecular flexibility index (Phi) is 4.76. The van der Waals surface area contributed by atoms with Gasteiger partial charge in [0, 0.05) is 5.69 Å². The predicted octanol–water partition coefficient (Wildman–Crippen LogP) is 3.33. The lowest BCUT2D eigenvalue weighted by molar-refractivity contribution is -0.126. The largest absolute Gasteiger partial charge is 0.478 e. The zero-order chi connectivity index (χ0) is 18.0. The molecule has 25 heavy (non-hydrogen) atoms. The summed E-state index contributed by atoms with van der Waals surface area (Å²) >= 11 is 0.922. The molecule has 0 radical (unpaired) electrons. The fraction of sp³-hybridized carbons (Fsp3) is 0.167. The molecule has 2 aromatic carbocycles. The average Bonchev–Trinajstić information content (AvgIpc) is 2.83. The van der Waals surface area contributed by atoms with Crippen molar-refractivity contribution in [3.05, 3.63) is 65.2 Å². The average molecular weight is 356 g/mol. The normalized spacial score (nSPS) is 17.0. The SMILES string of the molecule is Cc1cccc(N[C@@H]2SC(=O)N(Cc3cccc(C(=O)O)c3)C2=O)c1. The van der Waals surface area contributed by atoms with Crippen molar-refractivity contribution in [1.82, 2.24) is 4.90 Å². The van der Waals surface area contributed by atoms with Gasteiger partial charge in [-0.2, -0.15) is 0 Å². The second kappa shape index (κ2) is 6.98. The minimum atomic E-state index is -1.05. The number of carbonyl (C=O) groups is 3. The fourth-order valence-corrected chi connectivity index (χ4v) is 3.46. The molecule has 1 fully saturated rings. The first kappa shape index (κ1) is 17.0. The van der Waals surface area contributed by atoms with Gasteiger partial charge in [0.15, 0.2) is 5.37 Å². The molecule has 2 amide bonds. The minimum absolute atomic E-state index is 0.0534. The third-order valence-electron chi connectivity index (χ3n) is 3.76. The Labute approximate surface area is 148 Å². The highest BCUT2D eigenvalue weighted by Crippen LogP contribution is 2.29. The number of carbonyl (C=O) groups excluding carboxylic acids is 2. The van der Waals surface area contributed by atoms with Gasteiger partial charge in [0.2, 0.25) is 0 Å². The number of aromatic carboxylic acids is 1. The van der Waals surface area contributed by atoms with Crippen LogP contribution in [0, 0.1) is 6.92 Å². The number of amides is 2. The minimum Gasteiger partial charge on any atom is -0.478 e. The maximum Gasteiger partial charge on any atom is 0.335 e. The highest BCUT2D eigenvalue weighted by molar-refractivity contribution is 8.15. The summed E-state index contributed by atoms with van der Waals surface area (Å²) in [7, 11) is 0. The standard InChI is InChI=1S/C18H16N2O4S/c1-11-4-2-7-14(8-11)19-15-16(21)20(18(24)25-15)10-12-5-3-6-13(9-12)17(22)23/h2-9,15,19H,10H2,1H3,(H,22,23)/t15-/m1/s1. The van der Waals surface area contributed by atoms with Crippen LogP contribution in [0.25, 0.3) is 0 Å². The van der Waals surface area contributed by atoms with E-state index in [0.717, 1.165) is 27.9 Å². The van der Waals surface area contributed by atoms with E-state index in [0.29, 0.717) is 5.56 Å². The molecule has 1 heterocycles. The van der Waals surface area contributed by atoms with Crippen LogP contribution in [0.4, 0.5) is 10.5 Å². The summed E-state index contributed by atoms with van der Waals surface area (Å²) in [5, 5.41) is 11.1. The first-order valence-corrected chi connectivity index (χ1v) is 8.49. The van der Waals surface area contributed by atoms with Crippen LogP contribution in [0.1, 0.15) is 21.5 Å². The summed E-state index contributed by atoms with van der Waals surface area (Å²) in [6.45, 7) is 2.00. The summed E-state index contributed by atoms with van der Waals surface area (Å²) in [5.74, 6) is -1.38. The highest BCUT2D eigenvalue weighted by atomic mass is 32.2. The molecule has 0 spiro atoms. The summed E-state index contributed by atoms with van der Waals surface area (Å²) < 4.78 is 0. The van der Waals surface area contributed by atoms with Crippen molar-refractivity contribution >= 4 is 34.6 Å². The summed E-state index contributed by atoms with van der Waals surface area (Å²) in [5.41, 5.74) is 2.54. The van der Waals surface area contributed by atoms with E-state index >= 15 is 0 Å². The molecule has 0 unspecified atom stereocenters. The number of rotatable bonds is 5. The van der Waals surface area contributed by atoms with E-state index < -0.39 is 11.3 Å². The van der Waals surface area contributed by atoms with E-state index in [1.165, 1.54) is 12.1 Å². The lowest BCUT2D eigenvalue weighted by Crippen LogP contribution is -2.34. The molecule has 2 aromatic rings. The van der Waals surface area contributed by atoms with Crippen molar-refractivity contribution in [3.63, 3.8) is 0 Å². The number of carboxylic acids is 1. The van der Waals surface area contributed by atoms with Crippen molar-refractivity contribution in [2.24, 2.45) is 0 Å². The Hall–Kier alpha value is -2.80. The Morgan fingerprint density at radius 2 is 1.96 bits per heavy atom. The van der Waals surface area contributed by atoms with E-state index in [-0.39, 0.29) is 23.3 Å². The van der Waals surface area contributed by atoms with E-state index in [1.54, 1.807) is 12.1 Å². The van der Waals surface area contributed by atoms with Crippen LogP contribution in [-0.2, 0) is 11.3 Å². The molecule has 0 aliphatic carbocycles. The van der Waals surface area contributed by atoms with Gasteiger partial charge in [-0.15, -0.1) is 0 Å². The molecule has 1 saturated heterocycles. The summed E-state index contributed by atoms with van der Waals surface area (Å²) in [6.07, 6.45) is 0. The molecule has 128 valence electrons. The van der Waals surface area contributed by atoms with Gasteiger partial charge < -0.3 is 10.4 Å². The number of thioether (sulfide) groups is 1. The smallest absolute Gasteiger partial charge is 0.335 e. The van der Waals surface area contributed by atoms with Crippen LogP contribution >= 0.6 is 11.8 Å². The molecule has 7 heteroatoms. The van der Waals surface area contributed by atoms with Gasteiger partial charge in [-0.1, -0.05) is 24.3 Å². The van der Waals surface area contributed by atoms with Gasteiger partial charge in [-0.05, 0) is 54.1 Å². The van der Waals surface area contributed by atoms with E-state index in [1.807, 2.05) is 31.2 Å². The summed E-state index contributed by atoms with van der Waals surface area (Å²) in [4.78, 5) is 36.9. The van der Waals surface area contributed by atoms with Crippen LogP contribution in [0.3, 0.4) is 0 Å². The third-order valence-corrected chi connectivity index (χ3v) is 4.74. The van der Waals surface area contributed by atoms with Crippen LogP contribution in [-0.4, -0.2) is 32.5 Å². The molecule has 0 bridgehead atoms. The molecular formula is C18H16N2O4S. The van der Waals surface area contributed by atoms with Crippen LogP contribution < -0.4 is 5.32 Å². The van der Waals surface area contributed by atoms with Gasteiger partial charge >= 0.3 is 5.97 Å². The first-order valence-electron chi connectivity index (χ1n) is 7.61. The monoisotopic (exact) mass is 356 g/mol.